The lowest BCUT2D eigenvalue weighted by molar-refractivity contribution is -0.136. The summed E-state index contributed by atoms with van der Waals surface area (Å²) in [5, 5.41) is 2.36. The number of hydrogen-bond donors (Lipinski definition) is 1. The van der Waals surface area contributed by atoms with Crippen molar-refractivity contribution < 1.29 is 23.9 Å². The number of fused-ring (bicyclic) bond motifs is 1. The zero-order valence-corrected chi connectivity index (χ0v) is 23.6. The highest BCUT2D eigenvalue weighted by Crippen LogP contribution is 2.32. The van der Waals surface area contributed by atoms with Crippen LogP contribution in [-0.2, 0) is 20.9 Å². The van der Waals surface area contributed by atoms with Crippen LogP contribution >= 0.6 is 0 Å². The Kier molecular flexibility index (Phi) is 7.59. The fourth-order valence-electron chi connectivity index (χ4n) is 6.37. The number of anilines is 1. The number of piperidine rings is 3. The molecule has 10 heteroatoms. The Morgan fingerprint density at radius 2 is 1.62 bits per heavy atom. The minimum atomic E-state index is -0.590. The summed E-state index contributed by atoms with van der Waals surface area (Å²) >= 11 is 0. The number of nitrogens with one attached hydrogen (secondary N) is 1. The van der Waals surface area contributed by atoms with Crippen molar-refractivity contribution in [2.45, 2.75) is 89.6 Å². The van der Waals surface area contributed by atoms with Crippen molar-refractivity contribution in [3.63, 3.8) is 0 Å². The first kappa shape index (κ1) is 27.4. The monoisotopic (exact) mass is 539 g/mol. The minimum Gasteiger partial charge on any atom is -0.444 e. The largest absolute Gasteiger partial charge is 0.444 e. The van der Waals surface area contributed by atoms with Crippen LogP contribution in [0.15, 0.2) is 18.2 Å². The summed E-state index contributed by atoms with van der Waals surface area (Å²) in [5.74, 6) is -0.790. The van der Waals surface area contributed by atoms with E-state index in [9.17, 15) is 19.2 Å². The number of carbonyl (C=O) groups is 4. The van der Waals surface area contributed by atoms with Gasteiger partial charge in [-0.05, 0) is 83.7 Å². The van der Waals surface area contributed by atoms with Gasteiger partial charge in [0.05, 0.1) is 0 Å². The molecule has 212 valence electrons. The minimum absolute atomic E-state index is 0.135. The van der Waals surface area contributed by atoms with Gasteiger partial charge < -0.3 is 24.3 Å². The van der Waals surface area contributed by atoms with E-state index in [-0.39, 0.29) is 30.2 Å². The average molecular weight is 540 g/mol. The summed E-state index contributed by atoms with van der Waals surface area (Å²) in [6.45, 7) is 9.43. The lowest BCUT2D eigenvalue weighted by atomic mass is 9.97. The van der Waals surface area contributed by atoms with Crippen LogP contribution in [0.2, 0.25) is 0 Å². The summed E-state index contributed by atoms with van der Waals surface area (Å²) in [6, 6.07) is 6.36. The first-order chi connectivity index (χ1) is 18.5. The number of ether oxygens (including phenoxy) is 1. The maximum absolute atomic E-state index is 13.0. The second-order valence-corrected chi connectivity index (χ2v) is 12.3. The van der Waals surface area contributed by atoms with Gasteiger partial charge in [0.25, 0.3) is 5.91 Å². The van der Waals surface area contributed by atoms with Gasteiger partial charge in [0, 0.05) is 62.5 Å². The van der Waals surface area contributed by atoms with Crippen LogP contribution < -0.4 is 10.2 Å². The Labute approximate surface area is 230 Å². The molecule has 1 atom stereocenters. The molecule has 10 nitrogen and oxygen atoms in total. The smallest absolute Gasteiger partial charge is 0.410 e. The molecule has 3 saturated heterocycles. The lowest BCUT2D eigenvalue weighted by Crippen LogP contribution is -2.52. The Balaban J connectivity index is 1.13. The predicted molar refractivity (Wildman–Crippen MR) is 146 cm³/mol. The summed E-state index contributed by atoms with van der Waals surface area (Å²) in [6.07, 6.45) is 4.44. The highest BCUT2D eigenvalue weighted by molar-refractivity contribution is 6.05. The van der Waals surface area contributed by atoms with Crippen LogP contribution in [0.4, 0.5) is 10.5 Å². The summed E-state index contributed by atoms with van der Waals surface area (Å²) in [7, 11) is 2.22. The lowest BCUT2D eigenvalue weighted by Gasteiger charge is -2.43. The van der Waals surface area contributed by atoms with E-state index in [2.05, 4.69) is 28.2 Å². The summed E-state index contributed by atoms with van der Waals surface area (Å²) in [4.78, 5) is 57.6. The second kappa shape index (κ2) is 10.8. The van der Waals surface area contributed by atoms with Gasteiger partial charge in [-0.3, -0.25) is 19.7 Å². The Morgan fingerprint density at radius 1 is 0.974 bits per heavy atom. The number of hydrogen-bond acceptors (Lipinski definition) is 7. The van der Waals surface area contributed by atoms with Gasteiger partial charge in [-0.2, -0.15) is 0 Å². The van der Waals surface area contributed by atoms with Crippen LogP contribution in [-0.4, -0.2) is 95.5 Å². The van der Waals surface area contributed by atoms with E-state index in [1.54, 1.807) is 4.90 Å². The second-order valence-electron chi connectivity index (χ2n) is 12.3. The Bertz CT molecular complexity index is 1130. The van der Waals surface area contributed by atoms with Gasteiger partial charge in [0.15, 0.2) is 0 Å². The van der Waals surface area contributed by atoms with Crippen LogP contribution in [0.3, 0.4) is 0 Å². The maximum Gasteiger partial charge on any atom is 0.410 e. The molecular weight excluding hydrogens is 498 g/mol. The number of nitrogens with zero attached hydrogens (tertiary/aromatic N) is 4. The number of amides is 4. The van der Waals surface area contributed by atoms with Crippen molar-refractivity contribution in [2.24, 2.45) is 0 Å². The van der Waals surface area contributed by atoms with Crippen LogP contribution in [0, 0.1) is 0 Å². The molecule has 0 aromatic heterocycles. The van der Waals surface area contributed by atoms with Crippen molar-refractivity contribution in [3.8, 4) is 0 Å². The molecule has 4 heterocycles. The SMILES string of the molecule is CN(C1CCN(C(=O)OC(C)(C)C)CC1)C1CCN(c2ccc3c(c2)CN(C2CCC(=O)NC2=O)C3=O)CC1. The van der Waals surface area contributed by atoms with Crippen molar-refractivity contribution in [3.05, 3.63) is 29.3 Å². The fraction of sp³-hybridized carbons (Fsp3) is 0.655. The van der Waals surface area contributed by atoms with E-state index in [0.717, 1.165) is 63.1 Å². The molecule has 1 N–H and O–H groups in total. The molecule has 1 aromatic rings. The Hall–Kier alpha value is -3.14. The van der Waals surface area contributed by atoms with Gasteiger partial charge in [-0.1, -0.05) is 0 Å². The molecule has 4 aliphatic heterocycles. The molecule has 1 unspecified atom stereocenters. The molecule has 5 rings (SSSR count). The third-order valence-electron chi connectivity index (χ3n) is 8.60. The van der Waals surface area contributed by atoms with Crippen molar-refractivity contribution in [1.82, 2.24) is 20.0 Å². The number of carbonyl (C=O) groups excluding carboxylic acids is 4. The quantitative estimate of drug-likeness (QED) is 0.587. The van der Waals surface area contributed by atoms with Gasteiger partial charge in [-0.25, -0.2) is 4.79 Å². The average Bonchev–Trinajstić information content (AvgIpc) is 3.23. The first-order valence-corrected chi connectivity index (χ1v) is 14.2. The predicted octanol–water partition coefficient (Wildman–Crippen LogP) is 2.75. The number of rotatable bonds is 4. The molecule has 0 bridgehead atoms. The molecule has 0 aliphatic carbocycles. The van der Waals surface area contributed by atoms with Gasteiger partial charge in [0.2, 0.25) is 11.8 Å². The van der Waals surface area contributed by atoms with Gasteiger partial charge >= 0.3 is 6.09 Å². The molecule has 0 saturated carbocycles. The first-order valence-electron chi connectivity index (χ1n) is 14.2. The molecule has 39 heavy (non-hydrogen) atoms. The van der Waals surface area contributed by atoms with Gasteiger partial charge in [-0.15, -0.1) is 0 Å². The Morgan fingerprint density at radius 3 is 2.23 bits per heavy atom. The van der Waals surface area contributed by atoms with Gasteiger partial charge in [0.1, 0.15) is 11.6 Å². The van der Waals surface area contributed by atoms with Crippen molar-refractivity contribution in [2.75, 3.05) is 38.1 Å². The van der Waals surface area contributed by atoms with E-state index in [4.69, 9.17) is 4.74 Å². The third kappa shape index (κ3) is 5.90. The molecule has 0 spiro atoms. The van der Waals surface area contributed by atoms with Crippen molar-refractivity contribution in [1.29, 1.82) is 0 Å². The van der Waals surface area contributed by atoms with E-state index in [1.807, 2.05) is 37.8 Å². The molecule has 4 amide bonds. The highest BCUT2D eigenvalue weighted by Gasteiger charge is 2.39. The molecule has 3 fully saturated rings. The van der Waals surface area contributed by atoms with E-state index in [0.29, 0.717) is 30.6 Å². The zero-order valence-electron chi connectivity index (χ0n) is 23.6. The molecular formula is C29H41N5O5. The standard InChI is InChI=1S/C29H41N5O5/c1-29(2,3)39-28(38)33-15-11-21(12-16-33)31(4)20-9-13-32(14-10-20)22-5-6-23-19(17-22)18-34(27(23)37)24-7-8-25(35)30-26(24)36/h5-6,17,20-21,24H,7-16,18H2,1-4H3,(H,30,35,36). The molecule has 4 aliphatic rings. The third-order valence-corrected chi connectivity index (χ3v) is 8.60. The van der Waals surface area contributed by atoms with E-state index in [1.165, 1.54) is 0 Å². The van der Waals surface area contributed by atoms with E-state index < -0.39 is 11.6 Å². The number of benzene rings is 1. The summed E-state index contributed by atoms with van der Waals surface area (Å²) in [5.41, 5.74) is 2.23. The number of likely N-dealkylation sites (tertiary alicyclic amines) is 1. The summed E-state index contributed by atoms with van der Waals surface area (Å²) < 4.78 is 5.54. The zero-order chi connectivity index (χ0) is 27.9. The topological polar surface area (TPSA) is 102 Å². The normalized spacial score (nSPS) is 23.4. The molecule has 0 radical (unpaired) electrons. The van der Waals surface area contributed by atoms with Crippen LogP contribution in [0.25, 0.3) is 0 Å². The van der Waals surface area contributed by atoms with Crippen LogP contribution in [0.1, 0.15) is 75.2 Å². The van der Waals surface area contributed by atoms with Crippen LogP contribution in [0.5, 0.6) is 0 Å². The fourth-order valence-corrected chi connectivity index (χ4v) is 6.37. The van der Waals surface area contributed by atoms with Crippen molar-refractivity contribution >= 4 is 29.5 Å². The highest BCUT2D eigenvalue weighted by atomic mass is 16.6. The number of imide groups is 1. The van der Waals surface area contributed by atoms with E-state index >= 15 is 0 Å². The molecule has 1 aromatic carbocycles. The maximum atomic E-state index is 13.0.